The lowest BCUT2D eigenvalue weighted by molar-refractivity contribution is 0.276. The third kappa shape index (κ3) is 4.48. The summed E-state index contributed by atoms with van der Waals surface area (Å²) in [6.07, 6.45) is 0.949. The first-order valence-corrected chi connectivity index (χ1v) is 8.72. The average Bonchev–Trinajstić information content (AvgIpc) is 2.85. The highest BCUT2D eigenvalue weighted by molar-refractivity contribution is 9.10. The molecule has 1 heterocycles. The SMILES string of the molecule is CCCOc1cc(Br)c(CNn2c(C)n[nH]c2=S)cc1OCC. The number of nitrogens with one attached hydrogen (secondary N) is 2. The van der Waals surface area contributed by atoms with Crippen LogP contribution in [0.1, 0.15) is 31.7 Å². The van der Waals surface area contributed by atoms with Crippen LogP contribution in [-0.2, 0) is 6.54 Å². The largest absolute Gasteiger partial charge is 0.490 e. The van der Waals surface area contributed by atoms with Gasteiger partial charge in [-0.15, -0.1) is 0 Å². The maximum absolute atomic E-state index is 5.75. The van der Waals surface area contributed by atoms with Gasteiger partial charge in [0.05, 0.1) is 19.8 Å². The lowest BCUT2D eigenvalue weighted by atomic mass is 10.2. The van der Waals surface area contributed by atoms with E-state index in [1.165, 1.54) is 0 Å². The first-order valence-electron chi connectivity index (χ1n) is 7.52. The quantitative estimate of drug-likeness (QED) is 0.656. The summed E-state index contributed by atoms with van der Waals surface area (Å²) in [4.78, 5) is 0. The van der Waals surface area contributed by atoms with Crippen molar-refractivity contribution in [3.8, 4) is 11.5 Å². The Morgan fingerprint density at radius 1 is 1.30 bits per heavy atom. The van der Waals surface area contributed by atoms with E-state index < -0.39 is 0 Å². The second kappa shape index (κ2) is 8.35. The molecule has 0 aliphatic heterocycles. The lowest BCUT2D eigenvalue weighted by Crippen LogP contribution is -2.16. The molecule has 2 N–H and O–H groups in total. The summed E-state index contributed by atoms with van der Waals surface area (Å²) in [7, 11) is 0. The molecule has 0 bridgehead atoms. The zero-order valence-corrected chi connectivity index (χ0v) is 15.9. The highest BCUT2D eigenvalue weighted by Crippen LogP contribution is 2.34. The molecule has 0 fully saturated rings. The maximum atomic E-state index is 5.75. The number of H-pyrrole nitrogens is 1. The van der Waals surface area contributed by atoms with Crippen molar-refractivity contribution in [2.24, 2.45) is 0 Å². The third-order valence-electron chi connectivity index (χ3n) is 3.14. The van der Waals surface area contributed by atoms with E-state index in [9.17, 15) is 0 Å². The van der Waals surface area contributed by atoms with E-state index in [1.54, 1.807) is 4.68 Å². The van der Waals surface area contributed by atoms with Gasteiger partial charge in [0.1, 0.15) is 5.82 Å². The molecular weight excluding hydrogens is 380 g/mol. The van der Waals surface area contributed by atoms with Crippen LogP contribution in [0.5, 0.6) is 11.5 Å². The lowest BCUT2D eigenvalue weighted by Gasteiger charge is -2.15. The normalized spacial score (nSPS) is 10.6. The molecule has 8 heteroatoms. The Balaban J connectivity index is 2.21. The molecule has 0 amide bonds. The van der Waals surface area contributed by atoms with Gasteiger partial charge in [0.2, 0.25) is 4.77 Å². The zero-order valence-electron chi connectivity index (χ0n) is 13.5. The Labute approximate surface area is 149 Å². The number of hydrogen-bond acceptors (Lipinski definition) is 5. The van der Waals surface area contributed by atoms with Crippen molar-refractivity contribution in [1.82, 2.24) is 14.9 Å². The number of benzene rings is 1. The molecule has 23 heavy (non-hydrogen) atoms. The van der Waals surface area contributed by atoms with Crippen LogP contribution in [0.2, 0.25) is 0 Å². The number of hydrogen-bond donors (Lipinski definition) is 2. The number of halogens is 1. The standard InChI is InChI=1S/C15H21BrN4O2S/c1-4-6-22-14-8-12(16)11(7-13(14)21-5-2)9-17-20-10(3)18-19-15(20)23/h7-8,17H,4-6,9H2,1-3H3,(H,19,23). The fraction of sp³-hybridized carbons (Fsp3) is 0.467. The Morgan fingerprint density at radius 2 is 2.04 bits per heavy atom. The minimum atomic E-state index is 0.534. The van der Waals surface area contributed by atoms with E-state index in [0.29, 0.717) is 24.5 Å². The van der Waals surface area contributed by atoms with Crippen molar-refractivity contribution < 1.29 is 9.47 Å². The van der Waals surface area contributed by atoms with Crippen molar-refractivity contribution in [1.29, 1.82) is 0 Å². The molecule has 0 saturated heterocycles. The molecule has 2 aromatic rings. The molecule has 0 aliphatic rings. The summed E-state index contributed by atoms with van der Waals surface area (Å²) in [5, 5.41) is 6.82. The van der Waals surface area contributed by atoms with E-state index in [1.807, 2.05) is 26.0 Å². The van der Waals surface area contributed by atoms with Crippen LogP contribution in [-0.4, -0.2) is 28.1 Å². The second-order valence-electron chi connectivity index (χ2n) is 4.92. The Kier molecular flexibility index (Phi) is 6.47. The van der Waals surface area contributed by atoms with Crippen LogP contribution in [0.3, 0.4) is 0 Å². The highest BCUT2D eigenvalue weighted by atomic mass is 79.9. The molecule has 1 aromatic carbocycles. The monoisotopic (exact) mass is 400 g/mol. The number of aromatic amines is 1. The molecule has 6 nitrogen and oxygen atoms in total. The zero-order chi connectivity index (χ0) is 16.8. The average molecular weight is 401 g/mol. The number of rotatable bonds is 8. The van der Waals surface area contributed by atoms with Gasteiger partial charge in [-0.25, -0.2) is 4.68 Å². The minimum Gasteiger partial charge on any atom is -0.490 e. The van der Waals surface area contributed by atoms with E-state index in [4.69, 9.17) is 21.7 Å². The van der Waals surface area contributed by atoms with E-state index in [0.717, 1.165) is 33.8 Å². The summed E-state index contributed by atoms with van der Waals surface area (Å²) in [5.74, 6) is 2.27. The highest BCUT2D eigenvalue weighted by Gasteiger charge is 2.11. The predicted molar refractivity (Wildman–Crippen MR) is 96.3 cm³/mol. The van der Waals surface area contributed by atoms with Gasteiger partial charge in [0.15, 0.2) is 11.5 Å². The molecule has 0 unspecified atom stereocenters. The van der Waals surface area contributed by atoms with Crippen molar-refractivity contribution >= 4 is 28.1 Å². The molecule has 0 atom stereocenters. The Bertz CT molecular complexity index is 714. The van der Waals surface area contributed by atoms with Gasteiger partial charge in [-0.1, -0.05) is 22.9 Å². The van der Waals surface area contributed by atoms with Gasteiger partial charge in [0, 0.05) is 4.47 Å². The number of nitrogens with zero attached hydrogens (tertiary/aromatic N) is 2. The summed E-state index contributed by atoms with van der Waals surface area (Å²) >= 11 is 8.77. The molecule has 0 saturated carbocycles. The number of aromatic nitrogens is 3. The van der Waals surface area contributed by atoms with Crippen molar-refractivity contribution in [3.63, 3.8) is 0 Å². The molecule has 0 spiro atoms. The Hall–Kier alpha value is -1.54. The minimum absolute atomic E-state index is 0.534. The van der Waals surface area contributed by atoms with Crippen molar-refractivity contribution in [2.45, 2.75) is 33.7 Å². The van der Waals surface area contributed by atoms with Crippen LogP contribution < -0.4 is 14.9 Å². The summed E-state index contributed by atoms with van der Waals surface area (Å²) in [5.41, 5.74) is 4.28. The summed E-state index contributed by atoms with van der Waals surface area (Å²) in [6.45, 7) is 7.73. The fourth-order valence-electron chi connectivity index (χ4n) is 2.03. The van der Waals surface area contributed by atoms with Gasteiger partial charge < -0.3 is 14.9 Å². The predicted octanol–water partition coefficient (Wildman–Crippen LogP) is 3.94. The van der Waals surface area contributed by atoms with E-state index >= 15 is 0 Å². The Morgan fingerprint density at radius 3 is 2.65 bits per heavy atom. The number of aryl methyl sites for hydroxylation is 1. The molecule has 1 aromatic heterocycles. The molecule has 126 valence electrons. The van der Waals surface area contributed by atoms with E-state index in [2.05, 4.69) is 38.5 Å². The maximum Gasteiger partial charge on any atom is 0.214 e. The second-order valence-corrected chi connectivity index (χ2v) is 6.16. The molecule has 0 radical (unpaired) electrons. The van der Waals surface area contributed by atoms with Crippen LogP contribution in [0, 0.1) is 11.7 Å². The fourth-order valence-corrected chi connectivity index (χ4v) is 2.74. The van der Waals surface area contributed by atoms with Crippen molar-refractivity contribution in [2.75, 3.05) is 18.6 Å². The first-order chi connectivity index (χ1) is 11.1. The van der Waals surface area contributed by atoms with Crippen LogP contribution >= 0.6 is 28.1 Å². The first kappa shape index (κ1) is 17.8. The smallest absolute Gasteiger partial charge is 0.214 e. The van der Waals surface area contributed by atoms with Gasteiger partial charge in [0.25, 0.3) is 0 Å². The van der Waals surface area contributed by atoms with E-state index in [-0.39, 0.29) is 0 Å². The van der Waals surface area contributed by atoms with Gasteiger partial charge in [-0.2, -0.15) is 5.10 Å². The molecular formula is C15H21BrN4O2S. The van der Waals surface area contributed by atoms with Gasteiger partial charge >= 0.3 is 0 Å². The van der Waals surface area contributed by atoms with Crippen LogP contribution in [0.15, 0.2) is 16.6 Å². The third-order valence-corrected chi connectivity index (χ3v) is 4.15. The van der Waals surface area contributed by atoms with Gasteiger partial charge in [-0.05, 0) is 50.2 Å². The summed E-state index contributed by atoms with van der Waals surface area (Å²) < 4.78 is 14.7. The summed E-state index contributed by atoms with van der Waals surface area (Å²) in [6, 6.07) is 3.92. The van der Waals surface area contributed by atoms with Crippen molar-refractivity contribution in [3.05, 3.63) is 32.8 Å². The van der Waals surface area contributed by atoms with Gasteiger partial charge in [-0.3, -0.25) is 5.10 Å². The molecule has 2 rings (SSSR count). The van der Waals surface area contributed by atoms with Crippen LogP contribution in [0.25, 0.3) is 0 Å². The topological polar surface area (TPSA) is 64.1 Å². The van der Waals surface area contributed by atoms with Crippen LogP contribution in [0.4, 0.5) is 0 Å². The number of ether oxygens (including phenoxy) is 2. The molecule has 0 aliphatic carbocycles.